The second-order valence-electron chi connectivity index (χ2n) is 5.06. The average molecular weight is 236 g/mol. The average Bonchev–Trinajstić information content (AvgIpc) is 2.30. The Hall–Kier alpha value is -1.26. The quantitative estimate of drug-likeness (QED) is 0.814. The standard InChI is InChI=1S/C13H20N2O2/c1-13(14,9-16)8-10-3-4-12-11(7-10)15(2)5-6-17-12/h3-4,7,16H,5-6,8-9,14H2,1-2H3. The molecule has 1 aromatic rings. The Balaban J connectivity index is 2.24. The number of fused-ring (bicyclic) bond motifs is 1. The minimum atomic E-state index is -0.567. The van der Waals surface area contributed by atoms with Crippen LogP contribution in [-0.4, -0.2) is 37.5 Å². The number of benzene rings is 1. The largest absolute Gasteiger partial charge is 0.490 e. The lowest BCUT2D eigenvalue weighted by Gasteiger charge is -2.29. The number of rotatable bonds is 3. The Morgan fingerprint density at radius 2 is 2.29 bits per heavy atom. The molecule has 94 valence electrons. The summed E-state index contributed by atoms with van der Waals surface area (Å²) in [5.74, 6) is 0.922. The van der Waals surface area contributed by atoms with Crippen LogP contribution in [0.4, 0.5) is 5.69 Å². The number of hydrogen-bond donors (Lipinski definition) is 2. The monoisotopic (exact) mass is 236 g/mol. The van der Waals surface area contributed by atoms with Crippen LogP contribution in [0.1, 0.15) is 12.5 Å². The third-order valence-corrected chi connectivity index (χ3v) is 3.09. The van der Waals surface area contributed by atoms with E-state index in [1.165, 1.54) is 0 Å². The molecule has 2 rings (SSSR count). The van der Waals surface area contributed by atoms with Crippen molar-refractivity contribution >= 4 is 5.69 Å². The highest BCUT2D eigenvalue weighted by atomic mass is 16.5. The highest BCUT2D eigenvalue weighted by molar-refractivity contribution is 5.61. The number of nitrogens with two attached hydrogens (primary N) is 1. The smallest absolute Gasteiger partial charge is 0.142 e. The third-order valence-electron chi connectivity index (χ3n) is 3.09. The molecule has 0 saturated carbocycles. The van der Waals surface area contributed by atoms with Gasteiger partial charge in [0.15, 0.2) is 0 Å². The molecule has 0 radical (unpaired) electrons. The number of aliphatic hydroxyl groups excluding tert-OH is 1. The molecule has 0 aromatic heterocycles. The van der Waals surface area contributed by atoms with E-state index in [2.05, 4.69) is 18.0 Å². The van der Waals surface area contributed by atoms with E-state index in [9.17, 15) is 5.11 Å². The van der Waals surface area contributed by atoms with Crippen LogP contribution in [0.2, 0.25) is 0 Å². The predicted molar refractivity (Wildman–Crippen MR) is 68.6 cm³/mol. The van der Waals surface area contributed by atoms with E-state index >= 15 is 0 Å². The van der Waals surface area contributed by atoms with Crippen molar-refractivity contribution in [2.45, 2.75) is 18.9 Å². The lowest BCUT2D eigenvalue weighted by atomic mass is 9.94. The Morgan fingerprint density at radius 1 is 1.53 bits per heavy atom. The number of anilines is 1. The molecule has 17 heavy (non-hydrogen) atoms. The van der Waals surface area contributed by atoms with Crippen molar-refractivity contribution in [1.82, 2.24) is 0 Å². The van der Waals surface area contributed by atoms with Gasteiger partial charge in [-0.05, 0) is 31.0 Å². The summed E-state index contributed by atoms with van der Waals surface area (Å²) in [6.07, 6.45) is 0.657. The fraction of sp³-hybridized carbons (Fsp3) is 0.538. The van der Waals surface area contributed by atoms with Crippen molar-refractivity contribution in [2.75, 3.05) is 31.7 Å². The van der Waals surface area contributed by atoms with Gasteiger partial charge in [-0.1, -0.05) is 6.07 Å². The van der Waals surface area contributed by atoms with E-state index in [0.717, 1.165) is 30.2 Å². The molecule has 1 unspecified atom stereocenters. The van der Waals surface area contributed by atoms with Crippen LogP contribution in [0.25, 0.3) is 0 Å². The minimum absolute atomic E-state index is 0.0174. The Morgan fingerprint density at radius 3 is 3.00 bits per heavy atom. The van der Waals surface area contributed by atoms with Gasteiger partial charge in [0.25, 0.3) is 0 Å². The molecule has 1 aromatic carbocycles. The van der Waals surface area contributed by atoms with E-state index in [1.54, 1.807) is 0 Å². The number of likely N-dealkylation sites (N-methyl/N-ethyl adjacent to an activating group) is 1. The fourth-order valence-corrected chi connectivity index (χ4v) is 2.03. The Kier molecular flexibility index (Phi) is 3.26. The van der Waals surface area contributed by atoms with Crippen LogP contribution in [0.5, 0.6) is 5.75 Å². The second kappa shape index (κ2) is 4.55. The number of nitrogens with zero attached hydrogens (tertiary/aromatic N) is 1. The molecule has 0 amide bonds. The molecule has 0 spiro atoms. The summed E-state index contributed by atoms with van der Waals surface area (Å²) in [5, 5.41) is 9.19. The van der Waals surface area contributed by atoms with Gasteiger partial charge in [-0.3, -0.25) is 0 Å². The summed E-state index contributed by atoms with van der Waals surface area (Å²) in [5.41, 5.74) is 7.62. The van der Waals surface area contributed by atoms with Crippen molar-refractivity contribution in [3.8, 4) is 5.75 Å². The summed E-state index contributed by atoms with van der Waals surface area (Å²) < 4.78 is 5.58. The van der Waals surface area contributed by atoms with Crippen molar-refractivity contribution in [3.63, 3.8) is 0 Å². The van der Waals surface area contributed by atoms with Gasteiger partial charge in [-0.2, -0.15) is 0 Å². The highest BCUT2D eigenvalue weighted by Crippen LogP contribution is 2.32. The maximum atomic E-state index is 9.19. The molecule has 1 aliphatic rings. The fourth-order valence-electron chi connectivity index (χ4n) is 2.03. The molecule has 0 saturated heterocycles. The SMILES string of the molecule is CN1CCOc2ccc(CC(C)(N)CO)cc21. The summed E-state index contributed by atoms with van der Waals surface area (Å²) in [6, 6.07) is 6.09. The van der Waals surface area contributed by atoms with Gasteiger partial charge in [0.2, 0.25) is 0 Å². The first-order valence-corrected chi connectivity index (χ1v) is 5.88. The summed E-state index contributed by atoms with van der Waals surface area (Å²) in [6.45, 7) is 3.47. The van der Waals surface area contributed by atoms with Crippen LogP contribution in [-0.2, 0) is 6.42 Å². The van der Waals surface area contributed by atoms with E-state index in [0.29, 0.717) is 6.42 Å². The molecule has 0 bridgehead atoms. The zero-order valence-electron chi connectivity index (χ0n) is 10.4. The summed E-state index contributed by atoms with van der Waals surface area (Å²) >= 11 is 0. The molecule has 1 heterocycles. The lowest BCUT2D eigenvalue weighted by molar-refractivity contribution is 0.208. The van der Waals surface area contributed by atoms with Crippen LogP contribution in [0.3, 0.4) is 0 Å². The first-order valence-electron chi connectivity index (χ1n) is 5.88. The maximum absolute atomic E-state index is 9.19. The molecule has 0 aliphatic carbocycles. The van der Waals surface area contributed by atoms with Gasteiger partial charge in [-0.25, -0.2) is 0 Å². The van der Waals surface area contributed by atoms with Crippen molar-refractivity contribution in [2.24, 2.45) is 5.73 Å². The van der Waals surface area contributed by atoms with E-state index < -0.39 is 5.54 Å². The third kappa shape index (κ3) is 2.70. The Labute approximate surface area is 102 Å². The first kappa shape index (κ1) is 12.2. The first-order chi connectivity index (χ1) is 8.02. The second-order valence-corrected chi connectivity index (χ2v) is 5.06. The molecule has 4 nitrogen and oxygen atoms in total. The van der Waals surface area contributed by atoms with Gasteiger partial charge in [0.05, 0.1) is 18.8 Å². The maximum Gasteiger partial charge on any atom is 0.142 e. The topological polar surface area (TPSA) is 58.7 Å². The summed E-state index contributed by atoms with van der Waals surface area (Å²) in [4.78, 5) is 2.18. The van der Waals surface area contributed by atoms with Gasteiger partial charge >= 0.3 is 0 Å². The van der Waals surface area contributed by atoms with E-state index in [1.807, 2.05) is 19.1 Å². The van der Waals surface area contributed by atoms with Gasteiger partial charge in [-0.15, -0.1) is 0 Å². The van der Waals surface area contributed by atoms with Crippen molar-refractivity contribution in [1.29, 1.82) is 0 Å². The number of hydrogen-bond acceptors (Lipinski definition) is 4. The zero-order chi connectivity index (χ0) is 12.5. The van der Waals surface area contributed by atoms with Gasteiger partial charge in [0.1, 0.15) is 12.4 Å². The van der Waals surface area contributed by atoms with E-state index in [-0.39, 0.29) is 6.61 Å². The minimum Gasteiger partial charge on any atom is -0.490 e. The van der Waals surface area contributed by atoms with Gasteiger partial charge < -0.3 is 20.5 Å². The predicted octanol–water partition coefficient (Wildman–Crippen LogP) is 0.767. The molecular formula is C13H20N2O2. The molecule has 0 fully saturated rings. The van der Waals surface area contributed by atoms with Crippen molar-refractivity contribution < 1.29 is 9.84 Å². The lowest BCUT2D eigenvalue weighted by Crippen LogP contribution is -2.42. The van der Waals surface area contributed by atoms with Crippen LogP contribution >= 0.6 is 0 Å². The van der Waals surface area contributed by atoms with Crippen LogP contribution in [0, 0.1) is 0 Å². The van der Waals surface area contributed by atoms with E-state index in [4.69, 9.17) is 10.5 Å². The van der Waals surface area contributed by atoms with Crippen LogP contribution < -0.4 is 15.4 Å². The highest BCUT2D eigenvalue weighted by Gasteiger charge is 2.20. The molecule has 1 atom stereocenters. The molecule has 4 heteroatoms. The number of aliphatic hydroxyl groups is 1. The molecule has 3 N–H and O–H groups in total. The molecular weight excluding hydrogens is 216 g/mol. The summed E-state index contributed by atoms with van der Waals surface area (Å²) in [7, 11) is 2.05. The van der Waals surface area contributed by atoms with Gasteiger partial charge in [0, 0.05) is 12.6 Å². The zero-order valence-corrected chi connectivity index (χ0v) is 10.4. The van der Waals surface area contributed by atoms with Crippen molar-refractivity contribution in [3.05, 3.63) is 23.8 Å². The Bertz CT molecular complexity index is 404. The normalized spacial score (nSPS) is 18.2. The number of ether oxygens (including phenoxy) is 1. The molecule has 1 aliphatic heterocycles. The van der Waals surface area contributed by atoms with Crippen LogP contribution in [0.15, 0.2) is 18.2 Å².